The van der Waals surface area contributed by atoms with Crippen LogP contribution in [0.15, 0.2) is 0 Å². The Morgan fingerprint density at radius 3 is 2.33 bits per heavy atom. The highest BCUT2D eigenvalue weighted by atomic mass is 16.6. The Labute approximate surface area is 52.7 Å². The van der Waals surface area contributed by atoms with Crippen molar-refractivity contribution >= 4 is 0 Å². The molecule has 0 bridgehead atoms. The highest BCUT2D eigenvalue weighted by molar-refractivity contribution is 4.70. The molecule has 9 heavy (non-hydrogen) atoms. The molecule has 0 aromatic rings. The number of ether oxygens (including phenoxy) is 1. The van der Waals surface area contributed by atoms with Gasteiger partial charge in [0.25, 0.3) is 0 Å². The number of aliphatic hydroxyl groups excluding tert-OH is 3. The monoisotopic (exact) mass is 134 g/mol. The molecule has 0 saturated carbocycles. The minimum absolute atomic E-state index is 0.109. The first-order valence-corrected chi connectivity index (χ1v) is 2.86. The number of rotatable bonds is 0. The van der Waals surface area contributed by atoms with Crippen molar-refractivity contribution in [3.8, 4) is 0 Å². The molecule has 1 saturated heterocycles. The van der Waals surface area contributed by atoms with Gasteiger partial charge in [-0.3, -0.25) is 0 Å². The summed E-state index contributed by atoms with van der Waals surface area (Å²) in [7, 11) is 0. The Balaban J connectivity index is 2.35. The summed E-state index contributed by atoms with van der Waals surface area (Å²) in [5.41, 5.74) is 0. The lowest BCUT2D eigenvalue weighted by Crippen LogP contribution is -2.40. The van der Waals surface area contributed by atoms with Gasteiger partial charge in [-0.2, -0.15) is 0 Å². The van der Waals surface area contributed by atoms with Crippen LogP contribution in [0.1, 0.15) is 6.42 Å². The number of aliphatic hydroxyl groups is 3. The molecule has 4 nitrogen and oxygen atoms in total. The van der Waals surface area contributed by atoms with Gasteiger partial charge in [-0.25, -0.2) is 0 Å². The molecule has 0 unspecified atom stereocenters. The molecule has 1 heterocycles. The summed E-state index contributed by atoms with van der Waals surface area (Å²) in [6, 6.07) is 0. The molecule has 3 atom stereocenters. The van der Waals surface area contributed by atoms with Crippen LogP contribution < -0.4 is 0 Å². The van der Waals surface area contributed by atoms with Gasteiger partial charge in [0.2, 0.25) is 0 Å². The fourth-order valence-corrected chi connectivity index (χ4v) is 0.784. The molecular formula is C5H10O4. The van der Waals surface area contributed by atoms with Gasteiger partial charge in [-0.05, 0) is 0 Å². The lowest BCUT2D eigenvalue weighted by Gasteiger charge is -2.26. The fourth-order valence-electron chi connectivity index (χ4n) is 0.784. The quantitative estimate of drug-likeness (QED) is 0.375. The van der Waals surface area contributed by atoms with Crippen LogP contribution in [0.2, 0.25) is 0 Å². The van der Waals surface area contributed by atoms with Crippen molar-refractivity contribution in [1.82, 2.24) is 0 Å². The van der Waals surface area contributed by atoms with E-state index in [1.165, 1.54) is 0 Å². The third-order valence-corrected chi connectivity index (χ3v) is 1.30. The number of hydrogen-bond acceptors (Lipinski definition) is 4. The SMILES string of the molecule is O[C@H]1CO[C@H](O)[C@@H](O)C1. The van der Waals surface area contributed by atoms with Crippen LogP contribution in [-0.4, -0.2) is 40.4 Å². The van der Waals surface area contributed by atoms with E-state index in [-0.39, 0.29) is 13.0 Å². The van der Waals surface area contributed by atoms with Crippen molar-refractivity contribution in [2.75, 3.05) is 6.61 Å². The van der Waals surface area contributed by atoms with Crippen LogP contribution in [0.25, 0.3) is 0 Å². The molecule has 0 radical (unpaired) electrons. The van der Waals surface area contributed by atoms with Crippen LogP contribution in [-0.2, 0) is 4.74 Å². The van der Waals surface area contributed by atoms with Gasteiger partial charge in [0.1, 0.15) is 6.10 Å². The third kappa shape index (κ3) is 1.62. The second kappa shape index (κ2) is 2.62. The van der Waals surface area contributed by atoms with Gasteiger partial charge in [-0.1, -0.05) is 0 Å². The zero-order chi connectivity index (χ0) is 6.85. The smallest absolute Gasteiger partial charge is 0.181 e. The molecule has 1 rings (SSSR count). The zero-order valence-corrected chi connectivity index (χ0v) is 4.90. The normalized spacial score (nSPS) is 45.0. The van der Waals surface area contributed by atoms with Crippen LogP contribution in [0, 0.1) is 0 Å². The highest BCUT2D eigenvalue weighted by Crippen LogP contribution is 2.11. The Morgan fingerprint density at radius 2 is 1.89 bits per heavy atom. The Kier molecular flexibility index (Phi) is 2.02. The lowest BCUT2D eigenvalue weighted by atomic mass is 10.1. The van der Waals surface area contributed by atoms with E-state index in [0.29, 0.717) is 0 Å². The molecule has 0 spiro atoms. The predicted molar refractivity (Wildman–Crippen MR) is 28.6 cm³/mol. The third-order valence-electron chi connectivity index (χ3n) is 1.30. The molecule has 4 heteroatoms. The molecule has 54 valence electrons. The van der Waals surface area contributed by atoms with Crippen molar-refractivity contribution < 1.29 is 20.1 Å². The van der Waals surface area contributed by atoms with Gasteiger partial charge in [0.05, 0.1) is 12.7 Å². The second-order valence-corrected chi connectivity index (χ2v) is 2.18. The van der Waals surface area contributed by atoms with Gasteiger partial charge in [0.15, 0.2) is 6.29 Å². The Bertz CT molecular complexity index is 95.0. The van der Waals surface area contributed by atoms with Crippen molar-refractivity contribution in [2.24, 2.45) is 0 Å². The van der Waals surface area contributed by atoms with Crippen molar-refractivity contribution in [2.45, 2.75) is 24.9 Å². The molecule has 0 aliphatic carbocycles. The first kappa shape index (κ1) is 6.95. The van der Waals surface area contributed by atoms with E-state index in [4.69, 9.17) is 15.3 Å². The molecule has 0 aromatic carbocycles. The molecular weight excluding hydrogens is 124 g/mol. The standard InChI is InChI=1S/C5H10O4/c6-3-1-4(7)5(8)9-2-3/h3-8H,1-2H2/t3-,4+,5+/m1/s1. The summed E-state index contributed by atoms with van der Waals surface area (Å²) in [6.45, 7) is 0.109. The average Bonchev–Trinajstić information content (AvgIpc) is 1.80. The first-order chi connectivity index (χ1) is 4.20. The van der Waals surface area contributed by atoms with E-state index in [2.05, 4.69) is 4.74 Å². The Hall–Kier alpha value is -0.160. The van der Waals surface area contributed by atoms with Crippen molar-refractivity contribution in [1.29, 1.82) is 0 Å². The topological polar surface area (TPSA) is 69.9 Å². The average molecular weight is 134 g/mol. The Morgan fingerprint density at radius 1 is 1.22 bits per heavy atom. The van der Waals surface area contributed by atoms with Crippen molar-refractivity contribution in [3.05, 3.63) is 0 Å². The second-order valence-electron chi connectivity index (χ2n) is 2.18. The fraction of sp³-hybridized carbons (Fsp3) is 1.00. The molecule has 0 aromatic heterocycles. The largest absolute Gasteiger partial charge is 0.391 e. The lowest BCUT2D eigenvalue weighted by molar-refractivity contribution is -0.211. The van der Waals surface area contributed by atoms with E-state index < -0.39 is 18.5 Å². The van der Waals surface area contributed by atoms with Gasteiger partial charge in [-0.15, -0.1) is 0 Å². The summed E-state index contributed by atoms with van der Waals surface area (Å²) in [4.78, 5) is 0. The molecule has 0 amide bonds. The minimum atomic E-state index is -1.12. The molecule has 1 aliphatic heterocycles. The summed E-state index contributed by atoms with van der Waals surface area (Å²) in [5, 5.41) is 26.3. The maximum atomic E-state index is 8.81. The van der Waals surface area contributed by atoms with Crippen LogP contribution in [0.5, 0.6) is 0 Å². The van der Waals surface area contributed by atoms with E-state index in [9.17, 15) is 0 Å². The number of hydrogen-bond donors (Lipinski definition) is 3. The van der Waals surface area contributed by atoms with Gasteiger partial charge in [0, 0.05) is 6.42 Å². The van der Waals surface area contributed by atoms with Crippen molar-refractivity contribution in [3.63, 3.8) is 0 Å². The highest BCUT2D eigenvalue weighted by Gasteiger charge is 2.26. The minimum Gasteiger partial charge on any atom is -0.391 e. The molecule has 1 fully saturated rings. The van der Waals surface area contributed by atoms with E-state index in [1.54, 1.807) is 0 Å². The van der Waals surface area contributed by atoms with Gasteiger partial charge >= 0.3 is 0 Å². The molecule has 1 aliphatic rings. The predicted octanol–water partition coefficient (Wildman–Crippen LogP) is -1.55. The maximum Gasteiger partial charge on any atom is 0.181 e. The summed E-state index contributed by atoms with van der Waals surface area (Å²) in [6.07, 6.45) is -2.49. The summed E-state index contributed by atoms with van der Waals surface area (Å²) in [5.74, 6) is 0. The van der Waals surface area contributed by atoms with Crippen LogP contribution in [0.3, 0.4) is 0 Å². The van der Waals surface area contributed by atoms with Gasteiger partial charge < -0.3 is 20.1 Å². The van der Waals surface area contributed by atoms with E-state index in [0.717, 1.165) is 0 Å². The zero-order valence-electron chi connectivity index (χ0n) is 4.90. The summed E-state index contributed by atoms with van der Waals surface area (Å²) >= 11 is 0. The maximum absolute atomic E-state index is 8.81. The molecule has 3 N–H and O–H groups in total. The van der Waals surface area contributed by atoms with Crippen LogP contribution in [0.4, 0.5) is 0 Å². The van der Waals surface area contributed by atoms with Crippen LogP contribution >= 0.6 is 0 Å². The van der Waals surface area contributed by atoms with E-state index >= 15 is 0 Å². The van der Waals surface area contributed by atoms with E-state index in [1.807, 2.05) is 0 Å². The summed E-state index contributed by atoms with van der Waals surface area (Å²) < 4.78 is 4.56. The first-order valence-electron chi connectivity index (χ1n) is 2.86.